The summed E-state index contributed by atoms with van der Waals surface area (Å²) in [4.78, 5) is 28.4. The lowest BCUT2D eigenvalue weighted by atomic mass is 10.2. The smallest absolute Gasteiger partial charge is 0.254 e. The molecule has 1 aliphatic heterocycles. The predicted molar refractivity (Wildman–Crippen MR) is 57.6 cm³/mol. The number of piperazine rings is 1. The summed E-state index contributed by atoms with van der Waals surface area (Å²) in [7, 11) is 0. The second-order valence-electron chi connectivity index (χ2n) is 3.55. The second kappa shape index (κ2) is 4.18. The molecule has 1 aliphatic rings. The van der Waals surface area contributed by atoms with Gasteiger partial charge in [-0.3, -0.25) is 9.59 Å². The fourth-order valence-electron chi connectivity index (χ4n) is 1.58. The molecule has 1 fully saturated rings. The summed E-state index contributed by atoms with van der Waals surface area (Å²) < 4.78 is 0. The van der Waals surface area contributed by atoms with Gasteiger partial charge in [0.05, 0.1) is 6.54 Å². The minimum atomic E-state index is -0.191. The van der Waals surface area contributed by atoms with E-state index in [0.717, 1.165) is 0 Å². The molecule has 0 unspecified atom stereocenters. The Bertz CT molecular complexity index is 433. The summed E-state index contributed by atoms with van der Waals surface area (Å²) in [5, 5.41) is 2.66. The Kier molecular flexibility index (Phi) is 2.72. The lowest BCUT2D eigenvalue weighted by molar-refractivity contribution is -0.123. The van der Waals surface area contributed by atoms with Crippen LogP contribution in [0.5, 0.6) is 0 Å². The Morgan fingerprint density at radius 3 is 3.06 bits per heavy atom. The summed E-state index contributed by atoms with van der Waals surface area (Å²) in [5.74, 6) is -0.0297. The maximum atomic E-state index is 12.0. The van der Waals surface area contributed by atoms with Gasteiger partial charge in [-0.1, -0.05) is 0 Å². The number of anilines is 1. The number of nitrogen functional groups attached to an aromatic ring is 1. The van der Waals surface area contributed by atoms with E-state index in [1.54, 1.807) is 6.07 Å². The minimum Gasteiger partial charge on any atom is -0.384 e. The molecule has 0 spiro atoms. The fourth-order valence-corrected chi connectivity index (χ4v) is 1.58. The molecule has 1 saturated heterocycles. The monoisotopic (exact) mass is 220 g/mol. The van der Waals surface area contributed by atoms with Gasteiger partial charge >= 0.3 is 0 Å². The molecule has 6 nitrogen and oxygen atoms in total. The third-order valence-electron chi connectivity index (χ3n) is 2.35. The highest BCUT2D eigenvalue weighted by molar-refractivity contribution is 5.97. The van der Waals surface area contributed by atoms with Gasteiger partial charge in [0, 0.05) is 24.8 Å². The van der Waals surface area contributed by atoms with Crippen LogP contribution in [0, 0.1) is 0 Å². The van der Waals surface area contributed by atoms with Gasteiger partial charge in [-0.25, -0.2) is 4.98 Å². The molecule has 0 aromatic carbocycles. The Morgan fingerprint density at radius 2 is 2.38 bits per heavy atom. The molecule has 0 radical (unpaired) electrons. The summed E-state index contributed by atoms with van der Waals surface area (Å²) in [6, 6.07) is 3.10. The van der Waals surface area contributed by atoms with Crippen molar-refractivity contribution in [3.63, 3.8) is 0 Å². The number of pyridine rings is 1. The Labute approximate surface area is 92.4 Å². The standard InChI is InChI=1S/C10H12N4O2/c11-8-5-7(1-2-12-8)10(16)14-4-3-13-9(15)6-14/h1-2,5H,3-4,6H2,(H2,11,12)(H,13,15). The molecule has 1 aromatic heterocycles. The number of nitrogens with zero attached hydrogens (tertiary/aromatic N) is 2. The minimum absolute atomic E-state index is 0.0983. The van der Waals surface area contributed by atoms with Crippen LogP contribution in [0.15, 0.2) is 18.3 Å². The number of hydrogen-bond acceptors (Lipinski definition) is 4. The molecule has 1 aromatic rings. The van der Waals surface area contributed by atoms with Gasteiger partial charge in [0.1, 0.15) is 5.82 Å². The number of nitrogens with two attached hydrogens (primary N) is 1. The molecule has 6 heteroatoms. The van der Waals surface area contributed by atoms with Crippen LogP contribution < -0.4 is 11.1 Å². The Hall–Kier alpha value is -2.11. The van der Waals surface area contributed by atoms with Crippen molar-refractivity contribution in [2.75, 3.05) is 25.4 Å². The van der Waals surface area contributed by atoms with Crippen LogP contribution in [-0.2, 0) is 4.79 Å². The van der Waals surface area contributed by atoms with Crippen molar-refractivity contribution >= 4 is 17.6 Å². The lowest BCUT2D eigenvalue weighted by Crippen LogP contribution is -2.49. The largest absolute Gasteiger partial charge is 0.384 e. The Balaban J connectivity index is 2.15. The van der Waals surface area contributed by atoms with E-state index in [-0.39, 0.29) is 18.4 Å². The number of nitrogens with one attached hydrogen (secondary N) is 1. The van der Waals surface area contributed by atoms with E-state index in [4.69, 9.17) is 5.73 Å². The summed E-state index contributed by atoms with van der Waals surface area (Å²) in [6.07, 6.45) is 1.48. The highest BCUT2D eigenvalue weighted by Gasteiger charge is 2.22. The quantitative estimate of drug-likeness (QED) is 0.651. The molecule has 0 bridgehead atoms. The lowest BCUT2D eigenvalue weighted by Gasteiger charge is -2.26. The van der Waals surface area contributed by atoms with Crippen LogP contribution in [0.2, 0.25) is 0 Å². The van der Waals surface area contributed by atoms with E-state index < -0.39 is 0 Å². The third kappa shape index (κ3) is 2.10. The van der Waals surface area contributed by atoms with Crippen LogP contribution in [0.25, 0.3) is 0 Å². The van der Waals surface area contributed by atoms with E-state index in [9.17, 15) is 9.59 Å². The van der Waals surface area contributed by atoms with Gasteiger partial charge in [0.2, 0.25) is 5.91 Å². The van der Waals surface area contributed by atoms with Gasteiger partial charge in [-0.15, -0.1) is 0 Å². The van der Waals surface area contributed by atoms with E-state index in [2.05, 4.69) is 10.3 Å². The Morgan fingerprint density at radius 1 is 1.56 bits per heavy atom. The molecule has 0 aliphatic carbocycles. The topological polar surface area (TPSA) is 88.3 Å². The summed E-state index contributed by atoms with van der Waals surface area (Å²) in [5.41, 5.74) is 5.95. The van der Waals surface area contributed by atoms with Gasteiger partial charge in [-0.05, 0) is 12.1 Å². The highest BCUT2D eigenvalue weighted by atomic mass is 16.2. The molecular weight excluding hydrogens is 208 g/mol. The number of carbonyl (C=O) groups excluding carboxylic acids is 2. The number of rotatable bonds is 1. The van der Waals surface area contributed by atoms with Crippen molar-refractivity contribution in [1.82, 2.24) is 15.2 Å². The first-order valence-corrected chi connectivity index (χ1v) is 4.94. The summed E-state index contributed by atoms with van der Waals surface area (Å²) in [6.45, 7) is 1.11. The molecule has 0 atom stereocenters. The number of aromatic nitrogens is 1. The van der Waals surface area contributed by atoms with E-state index in [0.29, 0.717) is 24.5 Å². The van der Waals surface area contributed by atoms with Crippen LogP contribution in [0.1, 0.15) is 10.4 Å². The van der Waals surface area contributed by atoms with E-state index >= 15 is 0 Å². The normalized spacial score (nSPS) is 15.8. The second-order valence-corrected chi connectivity index (χ2v) is 3.55. The maximum Gasteiger partial charge on any atom is 0.254 e. The van der Waals surface area contributed by atoms with Crippen LogP contribution in [-0.4, -0.2) is 41.3 Å². The molecule has 3 N–H and O–H groups in total. The van der Waals surface area contributed by atoms with Crippen molar-refractivity contribution in [3.8, 4) is 0 Å². The van der Waals surface area contributed by atoms with Gasteiger partial charge < -0.3 is 16.0 Å². The molecule has 2 rings (SSSR count). The zero-order chi connectivity index (χ0) is 11.5. The first kappa shape index (κ1) is 10.4. The van der Waals surface area contributed by atoms with E-state index in [1.165, 1.54) is 17.2 Å². The average Bonchev–Trinajstić information content (AvgIpc) is 2.28. The van der Waals surface area contributed by atoms with Gasteiger partial charge in [0.15, 0.2) is 0 Å². The van der Waals surface area contributed by atoms with Gasteiger partial charge in [0.25, 0.3) is 5.91 Å². The predicted octanol–water partition coefficient (Wildman–Crippen LogP) is -0.764. The zero-order valence-corrected chi connectivity index (χ0v) is 8.64. The fraction of sp³-hybridized carbons (Fsp3) is 0.300. The summed E-state index contributed by atoms with van der Waals surface area (Å²) >= 11 is 0. The van der Waals surface area contributed by atoms with Crippen LogP contribution in [0.4, 0.5) is 5.82 Å². The SMILES string of the molecule is Nc1cc(C(=O)N2CCNC(=O)C2)ccn1. The van der Waals surface area contributed by atoms with Crippen LogP contribution >= 0.6 is 0 Å². The van der Waals surface area contributed by atoms with Gasteiger partial charge in [-0.2, -0.15) is 0 Å². The molecule has 16 heavy (non-hydrogen) atoms. The van der Waals surface area contributed by atoms with Crippen molar-refractivity contribution in [2.45, 2.75) is 0 Å². The number of hydrogen-bond donors (Lipinski definition) is 2. The average molecular weight is 220 g/mol. The van der Waals surface area contributed by atoms with Crippen molar-refractivity contribution < 1.29 is 9.59 Å². The molecular formula is C10H12N4O2. The molecule has 0 saturated carbocycles. The highest BCUT2D eigenvalue weighted by Crippen LogP contribution is 2.08. The zero-order valence-electron chi connectivity index (χ0n) is 8.64. The van der Waals surface area contributed by atoms with Crippen LogP contribution in [0.3, 0.4) is 0 Å². The van der Waals surface area contributed by atoms with Crippen molar-refractivity contribution in [3.05, 3.63) is 23.9 Å². The van der Waals surface area contributed by atoms with Crippen molar-refractivity contribution in [1.29, 1.82) is 0 Å². The first-order chi connectivity index (χ1) is 7.66. The third-order valence-corrected chi connectivity index (χ3v) is 2.35. The molecule has 2 heterocycles. The first-order valence-electron chi connectivity index (χ1n) is 4.94. The number of carbonyl (C=O) groups is 2. The molecule has 2 amide bonds. The molecule has 84 valence electrons. The van der Waals surface area contributed by atoms with E-state index in [1.807, 2.05) is 0 Å². The number of amides is 2. The van der Waals surface area contributed by atoms with Crippen molar-refractivity contribution in [2.24, 2.45) is 0 Å². The maximum absolute atomic E-state index is 12.0.